The van der Waals surface area contributed by atoms with Gasteiger partial charge in [-0.3, -0.25) is 0 Å². The van der Waals surface area contributed by atoms with Gasteiger partial charge in [-0.15, -0.1) is 0 Å². The summed E-state index contributed by atoms with van der Waals surface area (Å²) in [6.45, 7) is 5.78. The number of benzene rings is 1. The molecule has 2 nitrogen and oxygen atoms in total. The van der Waals surface area contributed by atoms with Crippen molar-refractivity contribution in [2.24, 2.45) is 0 Å². The molecule has 1 saturated heterocycles. The first kappa shape index (κ1) is 12.8. The van der Waals surface area contributed by atoms with E-state index in [4.69, 9.17) is 4.74 Å². The molecule has 4 rings (SSSR count). The van der Waals surface area contributed by atoms with Gasteiger partial charge in [-0.05, 0) is 35.8 Å². The van der Waals surface area contributed by atoms with Gasteiger partial charge in [0.25, 0.3) is 0 Å². The third kappa shape index (κ3) is 1.85. The molecule has 3 aliphatic rings. The van der Waals surface area contributed by atoms with E-state index in [9.17, 15) is 0 Å². The molecular formula is C18H25NO. The molecule has 0 bridgehead atoms. The number of morpholine rings is 1. The number of hydrogen-bond acceptors (Lipinski definition) is 2. The van der Waals surface area contributed by atoms with Crippen molar-refractivity contribution in [3.05, 3.63) is 35.4 Å². The maximum Gasteiger partial charge on any atom is 0.0989 e. The van der Waals surface area contributed by atoms with E-state index >= 15 is 0 Å². The van der Waals surface area contributed by atoms with Crippen molar-refractivity contribution in [2.45, 2.75) is 69.1 Å². The van der Waals surface area contributed by atoms with Crippen molar-refractivity contribution in [1.29, 1.82) is 0 Å². The van der Waals surface area contributed by atoms with Gasteiger partial charge in [0.15, 0.2) is 0 Å². The Morgan fingerprint density at radius 3 is 2.70 bits per heavy atom. The Labute approximate surface area is 121 Å². The lowest BCUT2D eigenvalue weighted by atomic mass is 9.69. The zero-order chi connectivity index (χ0) is 13.8. The van der Waals surface area contributed by atoms with Crippen molar-refractivity contribution >= 4 is 0 Å². The zero-order valence-electron chi connectivity index (χ0n) is 12.6. The first-order valence-electron chi connectivity index (χ1n) is 8.10. The molecule has 20 heavy (non-hydrogen) atoms. The minimum Gasteiger partial charge on any atom is -0.364 e. The minimum atomic E-state index is 0.121. The molecule has 1 aromatic rings. The highest BCUT2D eigenvalue weighted by Gasteiger charge is 2.48. The molecule has 2 aliphatic carbocycles. The van der Waals surface area contributed by atoms with Crippen LogP contribution in [0.5, 0.6) is 0 Å². The number of ether oxygens (including phenoxy) is 1. The molecule has 0 amide bonds. The van der Waals surface area contributed by atoms with E-state index in [1.165, 1.54) is 43.2 Å². The van der Waals surface area contributed by atoms with Crippen LogP contribution in [0, 0.1) is 0 Å². The van der Waals surface area contributed by atoms with Crippen molar-refractivity contribution in [2.75, 3.05) is 6.54 Å². The lowest BCUT2D eigenvalue weighted by Crippen LogP contribution is -2.57. The van der Waals surface area contributed by atoms with E-state index in [-0.39, 0.29) is 17.1 Å². The van der Waals surface area contributed by atoms with Crippen LogP contribution in [-0.4, -0.2) is 18.2 Å². The maximum atomic E-state index is 6.70. The summed E-state index contributed by atoms with van der Waals surface area (Å²) in [4.78, 5) is 0. The van der Waals surface area contributed by atoms with Gasteiger partial charge in [0.05, 0.1) is 11.7 Å². The highest BCUT2D eigenvalue weighted by Crippen LogP contribution is 2.48. The van der Waals surface area contributed by atoms with E-state index < -0.39 is 0 Å². The zero-order valence-corrected chi connectivity index (χ0v) is 12.6. The number of fused-ring (bicyclic) bond motifs is 3. The second kappa shape index (κ2) is 4.32. The average molecular weight is 271 g/mol. The Morgan fingerprint density at radius 1 is 1.15 bits per heavy atom. The normalized spacial score (nSPS) is 33.7. The van der Waals surface area contributed by atoms with E-state index in [0.29, 0.717) is 6.04 Å². The third-order valence-corrected chi connectivity index (χ3v) is 5.67. The average Bonchev–Trinajstić information content (AvgIpc) is 2.89. The van der Waals surface area contributed by atoms with Gasteiger partial charge < -0.3 is 10.1 Å². The standard InChI is InChI=1S/C18H25NO/c1-17(2)11-15-16(13-7-3-4-8-14(13)17)20-18(12-19-15)9-5-6-10-18/h3-4,7-8,15-16,19H,5-6,9-12H2,1-2H3. The molecule has 0 radical (unpaired) electrons. The molecule has 2 unspecified atom stereocenters. The number of nitrogens with one attached hydrogen (secondary N) is 1. The fourth-order valence-corrected chi connectivity index (χ4v) is 4.61. The first-order chi connectivity index (χ1) is 9.60. The summed E-state index contributed by atoms with van der Waals surface area (Å²) in [7, 11) is 0. The fraction of sp³-hybridized carbons (Fsp3) is 0.667. The van der Waals surface area contributed by atoms with E-state index in [0.717, 1.165) is 6.54 Å². The summed E-state index contributed by atoms with van der Waals surface area (Å²) in [6.07, 6.45) is 6.54. The molecule has 108 valence electrons. The molecule has 1 spiro atoms. The molecule has 2 atom stereocenters. The molecule has 0 aromatic heterocycles. The number of hydrogen-bond donors (Lipinski definition) is 1. The predicted octanol–water partition coefficient (Wildman–Crippen LogP) is 3.71. The van der Waals surface area contributed by atoms with Crippen LogP contribution >= 0.6 is 0 Å². The lowest BCUT2D eigenvalue weighted by molar-refractivity contribution is -0.142. The molecule has 1 N–H and O–H groups in total. The molecule has 2 heteroatoms. The Bertz CT molecular complexity index is 516. The Morgan fingerprint density at radius 2 is 1.90 bits per heavy atom. The summed E-state index contributed by atoms with van der Waals surface area (Å²) in [6, 6.07) is 9.39. The summed E-state index contributed by atoms with van der Waals surface area (Å²) < 4.78 is 6.70. The van der Waals surface area contributed by atoms with Gasteiger partial charge in [0.1, 0.15) is 0 Å². The fourth-order valence-electron chi connectivity index (χ4n) is 4.61. The predicted molar refractivity (Wildman–Crippen MR) is 80.9 cm³/mol. The van der Waals surface area contributed by atoms with E-state index in [1.54, 1.807) is 0 Å². The van der Waals surface area contributed by atoms with Gasteiger partial charge in [-0.2, -0.15) is 0 Å². The largest absolute Gasteiger partial charge is 0.364 e. The van der Waals surface area contributed by atoms with Crippen LogP contribution in [0.4, 0.5) is 0 Å². The van der Waals surface area contributed by atoms with Gasteiger partial charge in [-0.25, -0.2) is 0 Å². The van der Waals surface area contributed by atoms with Gasteiger partial charge in [0.2, 0.25) is 0 Å². The highest BCUT2D eigenvalue weighted by molar-refractivity contribution is 5.39. The lowest BCUT2D eigenvalue weighted by Gasteiger charge is -2.50. The monoisotopic (exact) mass is 271 g/mol. The summed E-state index contributed by atoms with van der Waals surface area (Å²) >= 11 is 0. The molecule has 1 aromatic carbocycles. The molecule has 1 heterocycles. The van der Waals surface area contributed by atoms with Gasteiger partial charge in [-0.1, -0.05) is 51.0 Å². The van der Waals surface area contributed by atoms with Crippen LogP contribution in [0.15, 0.2) is 24.3 Å². The van der Waals surface area contributed by atoms with E-state index in [2.05, 4.69) is 43.4 Å². The van der Waals surface area contributed by atoms with Crippen molar-refractivity contribution in [1.82, 2.24) is 5.32 Å². The summed E-state index contributed by atoms with van der Waals surface area (Å²) in [5.41, 5.74) is 3.27. The van der Waals surface area contributed by atoms with Gasteiger partial charge in [0, 0.05) is 12.6 Å². The highest BCUT2D eigenvalue weighted by atomic mass is 16.5. The molecular weight excluding hydrogens is 246 g/mol. The van der Waals surface area contributed by atoms with Crippen LogP contribution in [-0.2, 0) is 10.2 Å². The topological polar surface area (TPSA) is 21.3 Å². The summed E-state index contributed by atoms with van der Waals surface area (Å²) in [5, 5.41) is 3.83. The van der Waals surface area contributed by atoms with Crippen LogP contribution < -0.4 is 5.32 Å². The van der Waals surface area contributed by atoms with Crippen molar-refractivity contribution in [3.63, 3.8) is 0 Å². The molecule has 2 fully saturated rings. The first-order valence-corrected chi connectivity index (χ1v) is 8.10. The summed E-state index contributed by atoms with van der Waals surface area (Å²) in [5.74, 6) is 0. The minimum absolute atomic E-state index is 0.121. The molecule has 1 aliphatic heterocycles. The Kier molecular flexibility index (Phi) is 2.77. The van der Waals surface area contributed by atoms with Gasteiger partial charge >= 0.3 is 0 Å². The number of rotatable bonds is 0. The SMILES string of the molecule is CC1(C)CC2NCC3(CCCC3)OC2c2ccccc21. The second-order valence-electron chi connectivity index (χ2n) is 7.59. The molecule has 1 saturated carbocycles. The van der Waals surface area contributed by atoms with Crippen LogP contribution in [0.1, 0.15) is 63.2 Å². The van der Waals surface area contributed by atoms with Crippen molar-refractivity contribution < 1.29 is 4.74 Å². The van der Waals surface area contributed by atoms with Crippen LogP contribution in [0.2, 0.25) is 0 Å². The maximum absolute atomic E-state index is 6.70. The van der Waals surface area contributed by atoms with E-state index in [1.807, 2.05) is 0 Å². The Balaban J connectivity index is 1.74. The van der Waals surface area contributed by atoms with Crippen LogP contribution in [0.25, 0.3) is 0 Å². The Hall–Kier alpha value is -0.860. The second-order valence-corrected chi connectivity index (χ2v) is 7.59. The third-order valence-electron chi connectivity index (χ3n) is 5.67. The van der Waals surface area contributed by atoms with Crippen molar-refractivity contribution in [3.8, 4) is 0 Å². The smallest absolute Gasteiger partial charge is 0.0989 e. The quantitative estimate of drug-likeness (QED) is 0.776. The van der Waals surface area contributed by atoms with Crippen LogP contribution in [0.3, 0.4) is 0 Å².